The molecule has 1 aliphatic heterocycles. The van der Waals surface area contributed by atoms with Crippen LogP contribution in [0, 0.1) is 5.92 Å². The first-order chi connectivity index (χ1) is 19.5. The van der Waals surface area contributed by atoms with Crippen LogP contribution in [-0.2, 0) is 6.42 Å². The fourth-order valence-corrected chi connectivity index (χ4v) is 5.21. The summed E-state index contributed by atoms with van der Waals surface area (Å²) < 4.78 is 0. The molecular formula is C36H50N4. The van der Waals surface area contributed by atoms with Crippen molar-refractivity contribution in [2.24, 2.45) is 5.92 Å². The Kier molecular flexibility index (Phi) is 12.0. The van der Waals surface area contributed by atoms with Gasteiger partial charge in [-0.3, -0.25) is 0 Å². The molecule has 40 heavy (non-hydrogen) atoms. The highest BCUT2D eigenvalue weighted by Crippen LogP contribution is 2.31. The van der Waals surface area contributed by atoms with Gasteiger partial charge >= 0.3 is 0 Å². The average molecular weight is 539 g/mol. The van der Waals surface area contributed by atoms with E-state index in [9.17, 15) is 0 Å². The largest absolute Gasteiger partial charge is 0.382 e. The minimum Gasteiger partial charge on any atom is -0.382 e. The molecule has 3 aromatic rings. The molecule has 1 atom stereocenters. The van der Waals surface area contributed by atoms with Gasteiger partial charge in [0.15, 0.2) is 0 Å². The Morgan fingerprint density at radius 3 is 2.35 bits per heavy atom. The lowest BCUT2D eigenvalue weighted by Crippen LogP contribution is -2.53. The summed E-state index contributed by atoms with van der Waals surface area (Å²) in [5, 5.41) is 3.72. The van der Waals surface area contributed by atoms with Crippen LogP contribution in [0.25, 0.3) is 28.0 Å². The maximum atomic E-state index is 5.13. The molecule has 4 nitrogen and oxygen atoms in total. The number of hydrogen-bond acceptors (Lipinski definition) is 4. The SMILES string of the molecule is C=C(c1ccc2nc(-c3ccccc3)c(CCCCC)nc2c1)N1CC(C(C)NC2=CCC=C2C)C1.CC.CC. The van der Waals surface area contributed by atoms with Crippen LogP contribution in [0.15, 0.2) is 78.5 Å². The van der Waals surface area contributed by atoms with Gasteiger partial charge < -0.3 is 10.2 Å². The number of nitrogens with one attached hydrogen (secondary N) is 1. The molecule has 4 heteroatoms. The Hall–Kier alpha value is -3.40. The van der Waals surface area contributed by atoms with Gasteiger partial charge in [0.1, 0.15) is 0 Å². The minimum atomic E-state index is 0.450. The molecule has 1 aliphatic carbocycles. The summed E-state index contributed by atoms with van der Waals surface area (Å²) in [6.07, 6.45) is 10.1. The van der Waals surface area contributed by atoms with E-state index < -0.39 is 0 Å². The molecule has 214 valence electrons. The smallest absolute Gasteiger partial charge is 0.0925 e. The van der Waals surface area contributed by atoms with Crippen LogP contribution in [0.4, 0.5) is 0 Å². The third kappa shape index (κ3) is 7.41. The van der Waals surface area contributed by atoms with Gasteiger partial charge in [-0.15, -0.1) is 0 Å². The van der Waals surface area contributed by atoms with Crippen LogP contribution >= 0.6 is 0 Å². The zero-order valence-corrected chi connectivity index (χ0v) is 25.9. The lowest BCUT2D eigenvalue weighted by molar-refractivity contribution is 0.143. The van der Waals surface area contributed by atoms with Gasteiger partial charge in [-0.05, 0) is 56.4 Å². The lowest BCUT2D eigenvalue weighted by atomic mass is 9.90. The van der Waals surface area contributed by atoms with E-state index in [0.717, 1.165) is 71.6 Å². The third-order valence-electron chi connectivity index (χ3n) is 7.69. The normalized spacial score (nSPS) is 15.1. The zero-order chi connectivity index (χ0) is 29.1. The molecule has 0 bridgehead atoms. The van der Waals surface area contributed by atoms with Crippen molar-refractivity contribution in [2.75, 3.05) is 13.1 Å². The molecule has 5 rings (SSSR count). The Morgan fingerprint density at radius 1 is 0.975 bits per heavy atom. The van der Waals surface area contributed by atoms with Crippen LogP contribution in [0.3, 0.4) is 0 Å². The second kappa shape index (κ2) is 15.4. The highest BCUT2D eigenvalue weighted by Gasteiger charge is 2.32. The van der Waals surface area contributed by atoms with E-state index in [1.54, 1.807) is 0 Å². The van der Waals surface area contributed by atoms with E-state index in [-0.39, 0.29) is 0 Å². The van der Waals surface area contributed by atoms with Gasteiger partial charge in [0.2, 0.25) is 0 Å². The fourth-order valence-electron chi connectivity index (χ4n) is 5.21. The van der Waals surface area contributed by atoms with Gasteiger partial charge in [-0.1, -0.05) is 103 Å². The molecule has 1 fully saturated rings. The Morgan fingerprint density at radius 2 is 1.70 bits per heavy atom. The van der Waals surface area contributed by atoms with Crippen LogP contribution in [0.1, 0.15) is 85.4 Å². The number of aromatic nitrogens is 2. The summed E-state index contributed by atoms with van der Waals surface area (Å²) in [6, 6.07) is 17.3. The molecule has 1 aromatic heterocycles. The number of unbranched alkanes of at least 4 members (excludes halogenated alkanes) is 2. The molecule has 1 saturated heterocycles. The Bertz CT molecular complexity index is 1300. The molecule has 1 unspecified atom stereocenters. The molecule has 2 aliphatic rings. The zero-order valence-electron chi connectivity index (χ0n) is 25.9. The number of nitrogens with zero attached hydrogens (tertiary/aromatic N) is 3. The van der Waals surface area contributed by atoms with Gasteiger partial charge in [0.25, 0.3) is 0 Å². The molecule has 0 saturated carbocycles. The Balaban J connectivity index is 0.00000106. The quantitative estimate of drug-likeness (QED) is 0.261. The summed E-state index contributed by atoms with van der Waals surface area (Å²) in [5.41, 5.74) is 10.0. The molecule has 0 amide bonds. The average Bonchev–Trinajstić information content (AvgIpc) is 3.38. The van der Waals surface area contributed by atoms with Gasteiger partial charge in [-0.25, -0.2) is 9.97 Å². The van der Waals surface area contributed by atoms with Crippen molar-refractivity contribution in [1.82, 2.24) is 20.2 Å². The van der Waals surface area contributed by atoms with E-state index in [4.69, 9.17) is 9.97 Å². The maximum absolute atomic E-state index is 5.13. The highest BCUT2D eigenvalue weighted by atomic mass is 15.2. The van der Waals surface area contributed by atoms with E-state index in [0.29, 0.717) is 12.0 Å². The van der Waals surface area contributed by atoms with E-state index in [1.165, 1.54) is 24.1 Å². The van der Waals surface area contributed by atoms with Crippen molar-refractivity contribution < 1.29 is 0 Å². The standard InChI is InChI=1S/C32H38N4.2C2H6/c1-5-6-8-15-30-32(25-13-9-7-10-14-25)35-29-18-17-26(19-31(29)34-30)24(4)36-20-27(21-36)23(3)33-28-16-11-12-22(28)2;2*1-2/h7,9-10,12-14,16-19,23,27,33H,4-6,8,11,15,20-21H2,1-3H3;2*1-2H3. The highest BCUT2D eigenvalue weighted by molar-refractivity contribution is 5.82. The van der Waals surface area contributed by atoms with Crippen molar-refractivity contribution in [3.05, 3.63) is 89.8 Å². The predicted molar refractivity (Wildman–Crippen MR) is 174 cm³/mol. The number of rotatable bonds is 10. The van der Waals surface area contributed by atoms with Gasteiger partial charge in [0, 0.05) is 42.0 Å². The molecule has 2 heterocycles. The fraction of sp³-hybridized carbons (Fsp3) is 0.444. The van der Waals surface area contributed by atoms with E-state index in [1.807, 2.05) is 33.8 Å². The molecule has 2 aromatic carbocycles. The molecule has 0 spiro atoms. The van der Waals surface area contributed by atoms with E-state index in [2.05, 4.69) is 92.2 Å². The van der Waals surface area contributed by atoms with Crippen molar-refractivity contribution in [1.29, 1.82) is 0 Å². The van der Waals surface area contributed by atoms with Crippen LogP contribution in [0.2, 0.25) is 0 Å². The monoisotopic (exact) mass is 538 g/mol. The maximum Gasteiger partial charge on any atom is 0.0925 e. The molecule has 1 N–H and O–H groups in total. The molecular weight excluding hydrogens is 488 g/mol. The number of hydrogen-bond donors (Lipinski definition) is 1. The first-order valence-electron chi connectivity index (χ1n) is 15.5. The number of aryl methyl sites for hydroxylation is 1. The van der Waals surface area contributed by atoms with Crippen LogP contribution in [0.5, 0.6) is 0 Å². The van der Waals surface area contributed by atoms with Crippen molar-refractivity contribution in [3.63, 3.8) is 0 Å². The third-order valence-corrected chi connectivity index (χ3v) is 7.69. The second-order valence-corrected chi connectivity index (χ2v) is 10.3. The lowest BCUT2D eigenvalue weighted by Gasteiger charge is -2.45. The minimum absolute atomic E-state index is 0.450. The number of likely N-dealkylation sites (tertiary alicyclic amines) is 1. The first kappa shape index (κ1) is 31.1. The van der Waals surface area contributed by atoms with Crippen molar-refractivity contribution in [3.8, 4) is 11.3 Å². The first-order valence-corrected chi connectivity index (χ1v) is 15.5. The van der Waals surface area contributed by atoms with Crippen LogP contribution < -0.4 is 5.32 Å². The topological polar surface area (TPSA) is 41.1 Å². The second-order valence-electron chi connectivity index (χ2n) is 10.3. The summed E-state index contributed by atoms with van der Waals surface area (Å²) in [6.45, 7) is 21.2. The van der Waals surface area contributed by atoms with Gasteiger partial charge in [0.05, 0.1) is 22.4 Å². The molecule has 0 radical (unpaired) electrons. The summed E-state index contributed by atoms with van der Waals surface area (Å²) in [5.74, 6) is 0.620. The van der Waals surface area contributed by atoms with Gasteiger partial charge in [-0.2, -0.15) is 0 Å². The number of fused-ring (bicyclic) bond motifs is 1. The Labute approximate surface area is 243 Å². The predicted octanol–water partition coefficient (Wildman–Crippen LogP) is 9.20. The summed E-state index contributed by atoms with van der Waals surface area (Å²) in [4.78, 5) is 12.6. The van der Waals surface area contributed by atoms with Crippen molar-refractivity contribution >= 4 is 16.7 Å². The van der Waals surface area contributed by atoms with E-state index >= 15 is 0 Å². The summed E-state index contributed by atoms with van der Waals surface area (Å²) in [7, 11) is 0. The summed E-state index contributed by atoms with van der Waals surface area (Å²) >= 11 is 0. The number of allylic oxidation sites excluding steroid dienone is 3. The van der Waals surface area contributed by atoms with Crippen molar-refractivity contribution in [2.45, 2.75) is 86.6 Å². The number of benzene rings is 2. The van der Waals surface area contributed by atoms with Crippen LogP contribution in [-0.4, -0.2) is 34.0 Å².